The highest BCUT2D eigenvalue weighted by atomic mass is 16.3. The molecule has 0 amide bonds. The number of hydrogen-bond donors (Lipinski definition) is 0. The fraction of sp³-hybridized carbons (Fsp3) is 0.156. The highest BCUT2D eigenvalue weighted by molar-refractivity contribution is 6.21. The second-order valence-electron chi connectivity index (χ2n) is 20.9. The van der Waals surface area contributed by atoms with Gasteiger partial charge < -0.3 is 13.7 Å². The largest absolute Gasteiger partial charge is 0.455 e. The topological polar surface area (TPSA) is 29.5 Å². The molecule has 322 valence electrons. The van der Waals surface area contributed by atoms with Crippen molar-refractivity contribution in [3.8, 4) is 44.5 Å². The van der Waals surface area contributed by atoms with Gasteiger partial charge in [-0.1, -0.05) is 162 Å². The van der Waals surface area contributed by atoms with Crippen LogP contribution in [0.25, 0.3) is 88.4 Å². The summed E-state index contributed by atoms with van der Waals surface area (Å²) in [7, 11) is 0. The monoisotopic (exact) mass is 863 g/mol. The molecule has 11 aromatic rings. The van der Waals surface area contributed by atoms with Gasteiger partial charge in [-0.3, -0.25) is 0 Å². The molecule has 67 heavy (non-hydrogen) atoms. The van der Waals surface area contributed by atoms with E-state index < -0.39 is 0 Å². The van der Waals surface area contributed by atoms with Gasteiger partial charge in [-0.2, -0.15) is 0 Å². The van der Waals surface area contributed by atoms with Crippen molar-refractivity contribution in [3.05, 3.63) is 209 Å². The molecule has 0 spiro atoms. The van der Waals surface area contributed by atoms with E-state index in [4.69, 9.17) is 8.83 Å². The van der Waals surface area contributed by atoms with Crippen molar-refractivity contribution >= 4 is 60.9 Å². The Hall–Kier alpha value is -7.62. The molecule has 3 nitrogen and oxygen atoms in total. The Morgan fingerprint density at radius 1 is 0.373 bits per heavy atom. The normalized spacial score (nSPS) is 15.4. The Bertz CT molecular complexity index is 3950. The molecule has 0 aliphatic heterocycles. The van der Waals surface area contributed by atoms with Gasteiger partial charge >= 0.3 is 0 Å². The lowest BCUT2D eigenvalue weighted by molar-refractivity contribution is 0.600. The fourth-order valence-electron chi connectivity index (χ4n) is 12.9. The SMILES string of the molecule is Cc1ccc(-c2cc3c(c4c2oc2ccccc24)-c2ccc(N(c4ccccc4)c4ccc5c(c4)C(C)(C)c4c6c(c7oc8ccccc8c7c4-5)-c4ccccc4C6(C)C)cc2C3(C)C)cc1. The summed E-state index contributed by atoms with van der Waals surface area (Å²) in [6.45, 7) is 16.7. The van der Waals surface area contributed by atoms with E-state index in [0.29, 0.717) is 0 Å². The second kappa shape index (κ2) is 13.0. The first kappa shape index (κ1) is 38.6. The van der Waals surface area contributed by atoms with Crippen LogP contribution >= 0.6 is 0 Å². The third-order valence-corrected chi connectivity index (χ3v) is 16.0. The maximum Gasteiger partial charge on any atom is 0.144 e. The van der Waals surface area contributed by atoms with Gasteiger partial charge in [0.05, 0.1) is 0 Å². The quantitative estimate of drug-likeness (QED) is 0.177. The van der Waals surface area contributed by atoms with Gasteiger partial charge in [-0.25, -0.2) is 0 Å². The van der Waals surface area contributed by atoms with Crippen LogP contribution in [0.2, 0.25) is 0 Å². The summed E-state index contributed by atoms with van der Waals surface area (Å²) < 4.78 is 13.8. The number of benzene rings is 9. The van der Waals surface area contributed by atoms with Crippen molar-refractivity contribution < 1.29 is 8.83 Å². The summed E-state index contributed by atoms with van der Waals surface area (Å²) in [5.41, 5.74) is 25.7. The van der Waals surface area contributed by atoms with Crippen LogP contribution in [-0.4, -0.2) is 0 Å². The van der Waals surface area contributed by atoms with Crippen LogP contribution < -0.4 is 4.90 Å². The van der Waals surface area contributed by atoms with E-state index in [1.54, 1.807) is 0 Å². The summed E-state index contributed by atoms with van der Waals surface area (Å²) in [6, 6.07) is 62.7. The third-order valence-electron chi connectivity index (χ3n) is 16.0. The Kier molecular flexibility index (Phi) is 7.52. The van der Waals surface area contributed by atoms with Crippen LogP contribution in [0.3, 0.4) is 0 Å². The third kappa shape index (κ3) is 4.96. The molecular formula is C64H49NO2. The zero-order valence-electron chi connectivity index (χ0n) is 38.9. The average Bonchev–Trinajstić information content (AvgIpc) is 4.09. The lowest BCUT2D eigenvalue weighted by Crippen LogP contribution is -2.24. The highest BCUT2D eigenvalue weighted by Gasteiger charge is 2.49. The van der Waals surface area contributed by atoms with Crippen molar-refractivity contribution in [1.82, 2.24) is 0 Å². The van der Waals surface area contributed by atoms with Crippen LogP contribution in [0, 0.1) is 6.92 Å². The lowest BCUT2D eigenvalue weighted by Gasteiger charge is -2.32. The van der Waals surface area contributed by atoms with E-state index in [-0.39, 0.29) is 16.2 Å². The first-order chi connectivity index (χ1) is 32.4. The van der Waals surface area contributed by atoms with Gasteiger partial charge in [0.1, 0.15) is 22.3 Å². The highest BCUT2D eigenvalue weighted by Crippen LogP contribution is 2.64. The molecule has 3 aliphatic carbocycles. The number of anilines is 3. The Labute approximate surface area is 390 Å². The van der Waals surface area contributed by atoms with Crippen molar-refractivity contribution in [2.75, 3.05) is 4.90 Å². The minimum atomic E-state index is -0.311. The number of furan rings is 2. The van der Waals surface area contributed by atoms with Crippen LogP contribution in [0.4, 0.5) is 17.1 Å². The van der Waals surface area contributed by atoms with Gasteiger partial charge in [0.25, 0.3) is 0 Å². The molecule has 0 N–H and O–H groups in total. The number of fused-ring (bicyclic) bond motifs is 19. The minimum absolute atomic E-state index is 0.217. The number of aryl methyl sites for hydroxylation is 1. The second-order valence-corrected chi connectivity index (χ2v) is 20.9. The number of para-hydroxylation sites is 3. The summed E-state index contributed by atoms with van der Waals surface area (Å²) in [5.74, 6) is 0. The molecule has 3 heteroatoms. The molecule has 0 bridgehead atoms. The van der Waals surface area contributed by atoms with E-state index in [9.17, 15) is 0 Å². The molecule has 0 atom stereocenters. The van der Waals surface area contributed by atoms with Gasteiger partial charge in [-0.05, 0) is 128 Å². The molecule has 2 heterocycles. The standard InChI is InChI=1S/C64H49NO2/c1-36-25-27-37(28-26-36)46-35-50-53(55-44-20-12-15-23-51(44)66-60(46)55)42-31-29-39(33-48(42)62(50,2)3)65(38-17-9-8-10-18-38)40-30-32-43-49(34-40)64(6,7)58-54(43)56-45-21-13-16-24-52(45)67-61(56)57-41-19-11-14-22-47(41)63(4,5)59(57)58/h8-35H,1-7H3. The van der Waals surface area contributed by atoms with Crippen LogP contribution in [0.5, 0.6) is 0 Å². The van der Waals surface area contributed by atoms with E-state index in [0.717, 1.165) is 50.3 Å². The summed E-state index contributed by atoms with van der Waals surface area (Å²) in [4.78, 5) is 2.46. The zero-order chi connectivity index (χ0) is 45.3. The fourth-order valence-corrected chi connectivity index (χ4v) is 12.9. The van der Waals surface area contributed by atoms with Gasteiger partial charge in [0.15, 0.2) is 0 Å². The van der Waals surface area contributed by atoms with Crippen LogP contribution in [-0.2, 0) is 16.2 Å². The van der Waals surface area contributed by atoms with Crippen molar-refractivity contribution in [1.29, 1.82) is 0 Å². The van der Waals surface area contributed by atoms with E-state index >= 15 is 0 Å². The zero-order valence-corrected chi connectivity index (χ0v) is 38.9. The van der Waals surface area contributed by atoms with Crippen molar-refractivity contribution in [2.45, 2.75) is 64.7 Å². The van der Waals surface area contributed by atoms with Gasteiger partial charge in [0.2, 0.25) is 0 Å². The lowest BCUT2D eigenvalue weighted by atomic mass is 9.72. The Balaban J connectivity index is 0.979. The smallest absolute Gasteiger partial charge is 0.144 e. The van der Waals surface area contributed by atoms with E-state index in [1.807, 2.05) is 0 Å². The molecule has 0 unspecified atom stereocenters. The van der Waals surface area contributed by atoms with Crippen molar-refractivity contribution in [2.24, 2.45) is 0 Å². The summed E-state index contributed by atoms with van der Waals surface area (Å²) in [6.07, 6.45) is 0. The molecule has 9 aromatic carbocycles. The summed E-state index contributed by atoms with van der Waals surface area (Å²) >= 11 is 0. The van der Waals surface area contributed by atoms with Crippen molar-refractivity contribution in [3.63, 3.8) is 0 Å². The molecule has 2 aromatic heterocycles. The van der Waals surface area contributed by atoms with Crippen LogP contribution in [0.1, 0.15) is 80.5 Å². The summed E-state index contributed by atoms with van der Waals surface area (Å²) in [5, 5.41) is 4.75. The number of hydrogen-bond acceptors (Lipinski definition) is 3. The Morgan fingerprint density at radius 2 is 0.896 bits per heavy atom. The van der Waals surface area contributed by atoms with E-state index in [1.165, 1.54) is 94.0 Å². The Morgan fingerprint density at radius 3 is 1.58 bits per heavy atom. The molecule has 0 radical (unpaired) electrons. The van der Waals surface area contributed by atoms with Gasteiger partial charge in [-0.15, -0.1) is 0 Å². The van der Waals surface area contributed by atoms with Gasteiger partial charge in [0, 0.05) is 66.0 Å². The molecule has 0 saturated heterocycles. The molecule has 14 rings (SSSR count). The predicted molar refractivity (Wildman–Crippen MR) is 279 cm³/mol. The predicted octanol–water partition coefficient (Wildman–Crippen LogP) is 17.8. The molecule has 3 aliphatic rings. The first-order valence-electron chi connectivity index (χ1n) is 23.8. The van der Waals surface area contributed by atoms with E-state index in [2.05, 4.69) is 223 Å². The number of nitrogens with zero attached hydrogens (tertiary/aromatic N) is 1. The number of rotatable bonds is 4. The first-order valence-corrected chi connectivity index (χ1v) is 23.8. The van der Waals surface area contributed by atoms with Crippen LogP contribution in [0.15, 0.2) is 179 Å². The minimum Gasteiger partial charge on any atom is -0.455 e. The molecule has 0 fully saturated rings. The molecular weight excluding hydrogens is 815 g/mol. The maximum atomic E-state index is 6.97. The average molecular weight is 864 g/mol. The maximum absolute atomic E-state index is 6.97. The molecule has 0 saturated carbocycles.